The summed E-state index contributed by atoms with van der Waals surface area (Å²) < 4.78 is 27.5. The van der Waals surface area contributed by atoms with Crippen LogP contribution in [0.1, 0.15) is 20.8 Å². The van der Waals surface area contributed by atoms with Crippen LogP contribution in [0.15, 0.2) is 24.3 Å². The van der Waals surface area contributed by atoms with Crippen LogP contribution in [0.5, 0.6) is 5.75 Å². The van der Waals surface area contributed by atoms with Crippen molar-refractivity contribution in [2.45, 2.75) is 20.8 Å². The lowest BCUT2D eigenvalue weighted by Gasteiger charge is -2.17. The number of phosphoric ester groups is 1. The Labute approximate surface area is 112 Å². The van der Waals surface area contributed by atoms with E-state index in [1.54, 1.807) is 38.1 Å². The lowest BCUT2D eigenvalue weighted by molar-refractivity contribution is -0.114. The Balaban J connectivity index is 2.84. The number of phosphoric acid groups is 1. The summed E-state index contributed by atoms with van der Waals surface area (Å²) in [5.41, 5.74) is 0.546. The van der Waals surface area contributed by atoms with E-state index < -0.39 is 7.82 Å². The van der Waals surface area contributed by atoms with Crippen LogP contribution in [0.4, 0.5) is 5.69 Å². The molecule has 1 N–H and O–H groups in total. The molecule has 1 rings (SSSR count). The molecule has 6 nitrogen and oxygen atoms in total. The highest BCUT2D eigenvalue weighted by molar-refractivity contribution is 7.48. The minimum Gasteiger partial charge on any atom is -0.404 e. The first kappa shape index (κ1) is 15.7. The summed E-state index contributed by atoms with van der Waals surface area (Å²) >= 11 is 0. The van der Waals surface area contributed by atoms with E-state index in [2.05, 4.69) is 5.32 Å². The molecule has 19 heavy (non-hydrogen) atoms. The maximum Gasteiger partial charge on any atom is 0.530 e. The van der Waals surface area contributed by atoms with E-state index in [1.165, 1.54) is 6.92 Å². The van der Waals surface area contributed by atoms with E-state index in [9.17, 15) is 9.36 Å². The molecule has 0 spiro atoms. The Morgan fingerprint density at radius 3 is 2.42 bits per heavy atom. The highest BCUT2D eigenvalue weighted by atomic mass is 31.2. The van der Waals surface area contributed by atoms with Crippen LogP contribution in [0.25, 0.3) is 0 Å². The third-order valence-electron chi connectivity index (χ3n) is 1.95. The molecule has 0 saturated carbocycles. The van der Waals surface area contributed by atoms with Gasteiger partial charge in [0, 0.05) is 18.7 Å². The second kappa shape index (κ2) is 7.28. The molecule has 0 aliphatic heterocycles. The third kappa shape index (κ3) is 5.42. The van der Waals surface area contributed by atoms with Crippen molar-refractivity contribution in [1.29, 1.82) is 0 Å². The second-order valence-corrected chi connectivity index (χ2v) is 5.18. The first-order valence-corrected chi connectivity index (χ1v) is 7.41. The Morgan fingerprint density at radius 2 is 1.89 bits per heavy atom. The van der Waals surface area contributed by atoms with Gasteiger partial charge < -0.3 is 9.84 Å². The molecule has 0 radical (unpaired) electrons. The van der Waals surface area contributed by atoms with Gasteiger partial charge >= 0.3 is 7.82 Å². The molecule has 0 aliphatic rings. The fourth-order valence-electron chi connectivity index (χ4n) is 1.37. The van der Waals surface area contributed by atoms with Crippen LogP contribution < -0.4 is 9.84 Å². The number of nitrogens with one attached hydrogen (secondary N) is 1. The molecule has 0 fully saturated rings. The molecule has 1 aromatic rings. The average molecular weight is 287 g/mol. The van der Waals surface area contributed by atoms with Crippen molar-refractivity contribution in [2.75, 3.05) is 18.5 Å². The molecular formula is C12H18NO5P. The lowest BCUT2D eigenvalue weighted by Crippen LogP contribution is -2.06. The largest absolute Gasteiger partial charge is 0.530 e. The minimum atomic E-state index is -3.61. The predicted molar refractivity (Wildman–Crippen MR) is 72.2 cm³/mol. The number of hydrogen-bond donors (Lipinski definition) is 1. The van der Waals surface area contributed by atoms with Crippen molar-refractivity contribution in [3.8, 4) is 5.75 Å². The molecule has 0 unspecified atom stereocenters. The van der Waals surface area contributed by atoms with Crippen LogP contribution in [0, 0.1) is 0 Å². The number of rotatable bonds is 7. The number of hydrogen-bond acceptors (Lipinski definition) is 5. The Hall–Kier alpha value is -1.36. The van der Waals surface area contributed by atoms with Crippen molar-refractivity contribution in [3.63, 3.8) is 0 Å². The molecule has 0 heterocycles. The second-order valence-electron chi connectivity index (χ2n) is 3.58. The molecular weight excluding hydrogens is 269 g/mol. The quantitative estimate of drug-likeness (QED) is 0.779. The zero-order chi connectivity index (χ0) is 14.3. The molecule has 1 amide bonds. The Bertz CT molecular complexity index is 467. The van der Waals surface area contributed by atoms with Crippen LogP contribution >= 0.6 is 7.82 Å². The van der Waals surface area contributed by atoms with Crippen LogP contribution in [-0.4, -0.2) is 19.1 Å². The minimum absolute atomic E-state index is 0.199. The maximum absolute atomic E-state index is 12.2. The fourth-order valence-corrected chi connectivity index (χ4v) is 2.55. The predicted octanol–water partition coefficient (Wildman–Crippen LogP) is 3.20. The SMILES string of the molecule is CCOP(=O)(OCC)Oc1cccc(NC(C)=O)c1. The topological polar surface area (TPSA) is 73.9 Å². The third-order valence-corrected chi connectivity index (χ3v) is 3.53. The van der Waals surface area contributed by atoms with Crippen molar-refractivity contribution >= 4 is 19.4 Å². The van der Waals surface area contributed by atoms with Crippen LogP contribution in [0.2, 0.25) is 0 Å². The fraction of sp³-hybridized carbons (Fsp3) is 0.417. The number of carbonyl (C=O) groups is 1. The van der Waals surface area contributed by atoms with E-state index in [0.29, 0.717) is 11.4 Å². The Morgan fingerprint density at radius 1 is 1.26 bits per heavy atom. The Kier molecular flexibility index (Phi) is 6.02. The van der Waals surface area contributed by atoms with Gasteiger partial charge in [0.25, 0.3) is 0 Å². The highest BCUT2D eigenvalue weighted by Gasteiger charge is 2.27. The van der Waals surface area contributed by atoms with Gasteiger partial charge in [-0.15, -0.1) is 0 Å². The summed E-state index contributed by atoms with van der Waals surface area (Å²) in [7, 11) is -3.61. The molecule has 0 bridgehead atoms. The molecule has 0 aromatic heterocycles. The lowest BCUT2D eigenvalue weighted by atomic mass is 10.3. The first-order chi connectivity index (χ1) is 8.99. The standard InChI is InChI=1S/C12H18NO5P/c1-4-16-19(15,17-5-2)18-12-8-6-7-11(9-12)13-10(3)14/h6-9H,4-5H2,1-3H3,(H,13,14). The average Bonchev–Trinajstić information content (AvgIpc) is 2.28. The van der Waals surface area contributed by atoms with E-state index in [0.717, 1.165) is 0 Å². The van der Waals surface area contributed by atoms with Gasteiger partial charge in [0.2, 0.25) is 5.91 Å². The van der Waals surface area contributed by atoms with Gasteiger partial charge in [0.05, 0.1) is 13.2 Å². The van der Waals surface area contributed by atoms with E-state index >= 15 is 0 Å². The number of anilines is 1. The molecule has 106 valence electrons. The monoisotopic (exact) mass is 287 g/mol. The zero-order valence-electron chi connectivity index (χ0n) is 11.2. The molecule has 1 aromatic carbocycles. The van der Waals surface area contributed by atoms with Crippen molar-refractivity contribution in [1.82, 2.24) is 0 Å². The van der Waals surface area contributed by atoms with Crippen molar-refractivity contribution in [2.24, 2.45) is 0 Å². The summed E-state index contributed by atoms with van der Waals surface area (Å²) in [6, 6.07) is 6.52. The molecule has 7 heteroatoms. The molecule has 0 aliphatic carbocycles. The van der Waals surface area contributed by atoms with Crippen LogP contribution in [-0.2, 0) is 18.4 Å². The van der Waals surface area contributed by atoms with Crippen molar-refractivity contribution in [3.05, 3.63) is 24.3 Å². The van der Waals surface area contributed by atoms with E-state index in [1.807, 2.05) is 0 Å². The van der Waals surface area contributed by atoms with E-state index in [-0.39, 0.29) is 19.1 Å². The highest BCUT2D eigenvalue weighted by Crippen LogP contribution is 2.49. The summed E-state index contributed by atoms with van der Waals surface area (Å²) in [5.74, 6) is 0.103. The molecule has 0 saturated heterocycles. The van der Waals surface area contributed by atoms with Gasteiger partial charge in [-0.2, -0.15) is 0 Å². The molecule has 0 atom stereocenters. The van der Waals surface area contributed by atoms with Gasteiger partial charge in [-0.25, -0.2) is 4.57 Å². The zero-order valence-corrected chi connectivity index (χ0v) is 12.1. The summed E-state index contributed by atoms with van der Waals surface area (Å²) in [4.78, 5) is 11.0. The van der Waals surface area contributed by atoms with Crippen LogP contribution in [0.3, 0.4) is 0 Å². The van der Waals surface area contributed by atoms with Gasteiger partial charge in [-0.1, -0.05) is 6.07 Å². The summed E-state index contributed by atoms with van der Waals surface area (Å²) in [6.45, 7) is 5.22. The number of benzene rings is 1. The summed E-state index contributed by atoms with van der Waals surface area (Å²) in [5, 5.41) is 2.60. The van der Waals surface area contributed by atoms with E-state index in [4.69, 9.17) is 13.6 Å². The van der Waals surface area contributed by atoms with Gasteiger partial charge in [0.15, 0.2) is 0 Å². The maximum atomic E-state index is 12.2. The number of amides is 1. The first-order valence-electron chi connectivity index (χ1n) is 5.95. The van der Waals surface area contributed by atoms with Gasteiger partial charge in [-0.3, -0.25) is 13.8 Å². The number of carbonyl (C=O) groups excluding carboxylic acids is 1. The smallest absolute Gasteiger partial charge is 0.404 e. The van der Waals surface area contributed by atoms with Gasteiger partial charge in [-0.05, 0) is 26.0 Å². The van der Waals surface area contributed by atoms with Crippen molar-refractivity contribution < 1.29 is 22.9 Å². The van der Waals surface area contributed by atoms with Gasteiger partial charge in [0.1, 0.15) is 5.75 Å². The summed E-state index contributed by atoms with van der Waals surface area (Å²) in [6.07, 6.45) is 0. The normalized spacial score (nSPS) is 11.1.